The molecule has 0 aliphatic carbocycles. The summed E-state index contributed by atoms with van der Waals surface area (Å²) in [6.45, 7) is 1.40. The number of hydrogen-bond donors (Lipinski definition) is 0. The highest BCUT2D eigenvalue weighted by Gasteiger charge is 2.36. The van der Waals surface area contributed by atoms with E-state index in [1.807, 2.05) is 48.5 Å². The van der Waals surface area contributed by atoms with Gasteiger partial charge in [0, 0.05) is 36.4 Å². The molecule has 31 heavy (non-hydrogen) atoms. The number of nitrogens with zero attached hydrogens (tertiary/aromatic N) is 3. The Morgan fingerprint density at radius 3 is 2.48 bits per heavy atom. The van der Waals surface area contributed by atoms with E-state index in [9.17, 15) is 9.59 Å². The number of likely N-dealkylation sites (tertiary alicyclic amines) is 1. The van der Waals surface area contributed by atoms with E-state index in [0.717, 1.165) is 17.8 Å². The van der Waals surface area contributed by atoms with Gasteiger partial charge in [0.2, 0.25) is 11.8 Å². The van der Waals surface area contributed by atoms with Crippen molar-refractivity contribution < 1.29 is 9.59 Å². The predicted octanol–water partition coefficient (Wildman–Crippen LogP) is 4.36. The highest BCUT2D eigenvalue weighted by Crippen LogP contribution is 2.26. The van der Waals surface area contributed by atoms with E-state index >= 15 is 0 Å². The van der Waals surface area contributed by atoms with Crippen molar-refractivity contribution in [1.29, 1.82) is 0 Å². The van der Waals surface area contributed by atoms with Crippen molar-refractivity contribution in [2.45, 2.75) is 19.4 Å². The van der Waals surface area contributed by atoms with Crippen LogP contribution >= 0.6 is 11.6 Å². The van der Waals surface area contributed by atoms with Gasteiger partial charge in [-0.1, -0.05) is 48.0 Å². The lowest BCUT2D eigenvalue weighted by molar-refractivity contribution is -0.128. The summed E-state index contributed by atoms with van der Waals surface area (Å²) in [7, 11) is 0. The number of pyridine rings is 1. The summed E-state index contributed by atoms with van der Waals surface area (Å²) < 4.78 is 0. The van der Waals surface area contributed by atoms with Crippen molar-refractivity contribution in [3.63, 3.8) is 0 Å². The summed E-state index contributed by atoms with van der Waals surface area (Å²) in [6.07, 6.45) is 2.73. The Morgan fingerprint density at radius 2 is 1.77 bits per heavy atom. The first-order chi connectivity index (χ1) is 15.1. The molecular weight excluding hydrogens is 410 g/mol. The van der Waals surface area contributed by atoms with Crippen LogP contribution in [-0.4, -0.2) is 34.8 Å². The van der Waals surface area contributed by atoms with Crippen LogP contribution in [0.2, 0.25) is 5.02 Å². The largest absolute Gasteiger partial charge is 0.342 e. The normalized spacial score (nSPS) is 15.8. The fraction of sp³-hybridized carbons (Fsp3) is 0.240. The van der Waals surface area contributed by atoms with Gasteiger partial charge in [0.25, 0.3) is 0 Å². The van der Waals surface area contributed by atoms with Crippen LogP contribution in [0.15, 0.2) is 79.0 Å². The Morgan fingerprint density at radius 1 is 1.03 bits per heavy atom. The highest BCUT2D eigenvalue weighted by molar-refractivity contribution is 6.30. The number of benzene rings is 2. The zero-order chi connectivity index (χ0) is 21.6. The molecule has 0 bridgehead atoms. The second-order valence-electron chi connectivity index (χ2n) is 7.70. The molecule has 1 atom stereocenters. The van der Waals surface area contributed by atoms with Crippen LogP contribution in [0.25, 0.3) is 0 Å². The van der Waals surface area contributed by atoms with Crippen LogP contribution in [-0.2, 0) is 22.6 Å². The summed E-state index contributed by atoms with van der Waals surface area (Å²) in [6, 6.07) is 22.9. The summed E-state index contributed by atoms with van der Waals surface area (Å²) in [5.74, 6) is -0.408. The van der Waals surface area contributed by atoms with Crippen LogP contribution in [0.1, 0.15) is 17.7 Å². The predicted molar refractivity (Wildman–Crippen MR) is 122 cm³/mol. The van der Waals surface area contributed by atoms with Gasteiger partial charge >= 0.3 is 0 Å². The third-order valence-corrected chi connectivity index (χ3v) is 5.78. The van der Waals surface area contributed by atoms with Gasteiger partial charge in [0.1, 0.15) is 0 Å². The van der Waals surface area contributed by atoms with E-state index in [1.54, 1.807) is 28.1 Å². The molecule has 6 heteroatoms. The smallest absolute Gasteiger partial charge is 0.232 e. The molecule has 0 N–H and O–H groups in total. The lowest BCUT2D eigenvalue weighted by atomic mass is 10.1. The number of anilines is 1. The second kappa shape index (κ2) is 9.75. The van der Waals surface area contributed by atoms with Crippen LogP contribution in [0, 0.1) is 5.92 Å². The minimum atomic E-state index is -0.373. The fourth-order valence-electron chi connectivity index (χ4n) is 3.85. The number of halogens is 1. The number of aromatic nitrogens is 1. The molecule has 0 spiro atoms. The molecule has 0 radical (unpaired) electrons. The molecule has 2 amide bonds. The zero-order valence-electron chi connectivity index (χ0n) is 17.2. The quantitative estimate of drug-likeness (QED) is 0.556. The maximum atomic E-state index is 13.5. The highest BCUT2D eigenvalue weighted by atomic mass is 35.5. The van der Waals surface area contributed by atoms with E-state index in [0.29, 0.717) is 24.7 Å². The van der Waals surface area contributed by atoms with E-state index in [1.165, 1.54) is 5.56 Å². The van der Waals surface area contributed by atoms with Crippen molar-refractivity contribution in [3.05, 3.63) is 95.3 Å². The van der Waals surface area contributed by atoms with E-state index in [-0.39, 0.29) is 24.2 Å². The molecule has 2 aromatic carbocycles. The van der Waals surface area contributed by atoms with Gasteiger partial charge in [0.05, 0.1) is 18.2 Å². The third-order valence-electron chi connectivity index (χ3n) is 5.53. The molecule has 158 valence electrons. The molecule has 5 nitrogen and oxygen atoms in total. The Balaban J connectivity index is 1.48. The third kappa shape index (κ3) is 5.30. The molecule has 1 saturated heterocycles. The SMILES string of the molecule is O=C1CC(C(=O)N(Cc2ccccn2)c2ccc(Cl)cc2)CN1CCc1ccccc1. The molecule has 1 aliphatic heterocycles. The summed E-state index contributed by atoms with van der Waals surface area (Å²) in [5.41, 5.74) is 2.72. The first-order valence-electron chi connectivity index (χ1n) is 10.4. The maximum absolute atomic E-state index is 13.5. The van der Waals surface area contributed by atoms with E-state index in [2.05, 4.69) is 17.1 Å². The lowest BCUT2D eigenvalue weighted by Gasteiger charge is -2.25. The van der Waals surface area contributed by atoms with Crippen LogP contribution in [0.3, 0.4) is 0 Å². The number of amides is 2. The molecule has 1 fully saturated rings. The number of carbonyl (C=O) groups excluding carboxylic acids is 2. The standard InChI is InChI=1S/C25H24ClN3O2/c26-21-9-11-23(12-10-21)29(18-22-8-4-5-14-27-22)25(31)20-16-24(30)28(17-20)15-13-19-6-2-1-3-7-19/h1-12,14,20H,13,15-18H2. The average molecular weight is 434 g/mol. The van der Waals surface area contributed by atoms with Crippen LogP contribution < -0.4 is 4.90 Å². The van der Waals surface area contributed by atoms with Gasteiger partial charge < -0.3 is 9.80 Å². The molecule has 1 aromatic heterocycles. The Bertz CT molecular complexity index is 1030. The monoisotopic (exact) mass is 433 g/mol. The summed E-state index contributed by atoms with van der Waals surface area (Å²) >= 11 is 6.04. The van der Waals surface area contributed by atoms with Gasteiger partial charge in [0.15, 0.2) is 0 Å². The number of hydrogen-bond acceptors (Lipinski definition) is 3. The Labute approximate surface area is 187 Å². The van der Waals surface area contributed by atoms with Gasteiger partial charge in [-0.25, -0.2) is 0 Å². The summed E-state index contributed by atoms with van der Waals surface area (Å²) in [5, 5.41) is 0.608. The van der Waals surface area contributed by atoms with E-state index in [4.69, 9.17) is 11.6 Å². The molecule has 0 saturated carbocycles. The average Bonchev–Trinajstić information content (AvgIpc) is 3.18. The van der Waals surface area contributed by atoms with Crippen molar-refractivity contribution in [2.24, 2.45) is 5.92 Å². The minimum absolute atomic E-state index is 0.0307. The molecule has 2 heterocycles. The van der Waals surface area contributed by atoms with Gasteiger partial charge in [-0.2, -0.15) is 0 Å². The van der Waals surface area contributed by atoms with E-state index < -0.39 is 0 Å². The van der Waals surface area contributed by atoms with Crippen molar-refractivity contribution in [2.75, 3.05) is 18.0 Å². The molecule has 1 unspecified atom stereocenters. The van der Waals surface area contributed by atoms with Gasteiger partial charge in [-0.3, -0.25) is 14.6 Å². The van der Waals surface area contributed by atoms with Crippen molar-refractivity contribution >= 4 is 29.1 Å². The minimum Gasteiger partial charge on any atom is -0.342 e. The second-order valence-corrected chi connectivity index (χ2v) is 8.13. The van der Waals surface area contributed by atoms with Gasteiger partial charge in [-0.15, -0.1) is 0 Å². The first kappa shape index (κ1) is 21.1. The molecule has 4 rings (SSSR count). The zero-order valence-corrected chi connectivity index (χ0v) is 17.9. The van der Waals surface area contributed by atoms with Gasteiger partial charge in [-0.05, 0) is 48.4 Å². The molecule has 1 aliphatic rings. The first-order valence-corrected chi connectivity index (χ1v) is 10.8. The maximum Gasteiger partial charge on any atom is 0.232 e. The van der Waals surface area contributed by atoms with Crippen LogP contribution in [0.5, 0.6) is 0 Å². The fourth-order valence-corrected chi connectivity index (χ4v) is 3.98. The Hall–Kier alpha value is -3.18. The number of rotatable bonds is 7. The molecule has 3 aromatic rings. The van der Waals surface area contributed by atoms with Crippen LogP contribution in [0.4, 0.5) is 5.69 Å². The molecular formula is C25H24ClN3O2. The van der Waals surface area contributed by atoms with Crippen molar-refractivity contribution in [3.8, 4) is 0 Å². The number of carbonyl (C=O) groups is 2. The lowest BCUT2D eigenvalue weighted by Crippen LogP contribution is -2.37. The topological polar surface area (TPSA) is 53.5 Å². The summed E-state index contributed by atoms with van der Waals surface area (Å²) in [4.78, 5) is 34.0. The van der Waals surface area contributed by atoms with Crippen molar-refractivity contribution in [1.82, 2.24) is 9.88 Å². The Kier molecular flexibility index (Phi) is 6.63.